The molecule has 1 aliphatic carbocycles. The summed E-state index contributed by atoms with van der Waals surface area (Å²) in [5, 5.41) is 3.41. The highest BCUT2D eigenvalue weighted by molar-refractivity contribution is 6.35. The van der Waals surface area contributed by atoms with Crippen LogP contribution < -0.4 is 5.32 Å². The third-order valence-corrected chi connectivity index (χ3v) is 4.60. The topological polar surface area (TPSA) is 59.1 Å². The number of Topliss-reactive ketones (excluding diaryl/α,β-unsaturated/α-hetero) is 1. The molecule has 7 heteroatoms. The maximum absolute atomic E-state index is 15.3. The maximum Gasteiger partial charge on any atom is 0.262 e. The van der Waals surface area contributed by atoms with Crippen molar-refractivity contribution in [3.05, 3.63) is 63.4 Å². The fourth-order valence-corrected chi connectivity index (χ4v) is 3.18. The lowest BCUT2D eigenvalue weighted by atomic mass is 9.81. The van der Waals surface area contributed by atoms with E-state index in [9.17, 15) is 9.59 Å². The number of aromatic nitrogens is 1. The van der Waals surface area contributed by atoms with E-state index in [1.54, 1.807) is 18.2 Å². The van der Waals surface area contributed by atoms with E-state index in [0.717, 1.165) is 0 Å². The number of amides is 1. The summed E-state index contributed by atoms with van der Waals surface area (Å²) < 4.78 is 15.3. The van der Waals surface area contributed by atoms with Gasteiger partial charge >= 0.3 is 0 Å². The number of ketones is 1. The van der Waals surface area contributed by atoms with Crippen LogP contribution in [-0.2, 0) is 17.0 Å². The first-order valence-corrected chi connectivity index (χ1v) is 8.07. The zero-order valence-electron chi connectivity index (χ0n) is 12.5. The molecule has 1 amide bonds. The lowest BCUT2D eigenvalue weighted by molar-refractivity contribution is -0.134. The molecule has 0 aliphatic heterocycles. The minimum atomic E-state index is -2.28. The van der Waals surface area contributed by atoms with Gasteiger partial charge in [-0.1, -0.05) is 35.3 Å². The van der Waals surface area contributed by atoms with Gasteiger partial charge in [-0.3, -0.25) is 14.6 Å². The Hall–Kier alpha value is -1.98. The summed E-state index contributed by atoms with van der Waals surface area (Å²) in [6.07, 6.45) is 1.15. The average Bonchev–Trinajstić information content (AvgIpc) is 2.57. The fourth-order valence-electron chi connectivity index (χ4n) is 2.70. The van der Waals surface area contributed by atoms with Crippen molar-refractivity contribution >= 4 is 34.9 Å². The number of pyridine rings is 1. The molecule has 1 atom stereocenters. The van der Waals surface area contributed by atoms with Crippen molar-refractivity contribution in [2.24, 2.45) is 0 Å². The first-order valence-electron chi connectivity index (χ1n) is 7.31. The first kappa shape index (κ1) is 16.9. The van der Waals surface area contributed by atoms with Crippen molar-refractivity contribution in [2.45, 2.75) is 25.1 Å². The Bertz CT molecular complexity index is 828. The Morgan fingerprint density at radius 1 is 1.33 bits per heavy atom. The molecular formula is C17H13Cl2FN2O2. The van der Waals surface area contributed by atoms with E-state index >= 15 is 4.39 Å². The predicted octanol–water partition coefficient (Wildman–Crippen LogP) is 3.85. The van der Waals surface area contributed by atoms with Crippen molar-refractivity contribution in [3.8, 4) is 0 Å². The highest BCUT2D eigenvalue weighted by Crippen LogP contribution is 2.38. The number of carbonyl (C=O) groups excluding carboxylic acids is 2. The van der Waals surface area contributed by atoms with Crippen molar-refractivity contribution in [1.29, 1.82) is 0 Å². The van der Waals surface area contributed by atoms with E-state index in [0.29, 0.717) is 15.6 Å². The van der Waals surface area contributed by atoms with E-state index in [2.05, 4.69) is 10.3 Å². The van der Waals surface area contributed by atoms with Crippen molar-refractivity contribution < 1.29 is 14.0 Å². The van der Waals surface area contributed by atoms with Gasteiger partial charge in [0.05, 0.1) is 0 Å². The van der Waals surface area contributed by atoms with Gasteiger partial charge in [-0.2, -0.15) is 0 Å². The van der Waals surface area contributed by atoms with Gasteiger partial charge in [-0.05, 0) is 23.8 Å². The Kier molecular flexibility index (Phi) is 4.56. The molecule has 1 N–H and O–H groups in total. The molecule has 4 nitrogen and oxygen atoms in total. The number of carbonyl (C=O) groups is 2. The van der Waals surface area contributed by atoms with E-state index in [1.807, 2.05) is 0 Å². The van der Waals surface area contributed by atoms with Gasteiger partial charge in [-0.15, -0.1) is 0 Å². The van der Waals surface area contributed by atoms with Gasteiger partial charge in [0.2, 0.25) is 5.67 Å². The molecule has 1 aromatic heterocycles. The zero-order valence-corrected chi connectivity index (χ0v) is 14.0. The van der Waals surface area contributed by atoms with E-state index < -0.39 is 11.6 Å². The van der Waals surface area contributed by atoms with Crippen LogP contribution in [-0.4, -0.2) is 16.7 Å². The Labute approximate surface area is 148 Å². The van der Waals surface area contributed by atoms with Crippen LogP contribution in [0.5, 0.6) is 0 Å². The number of nitrogens with zero attached hydrogens (tertiary/aromatic N) is 1. The predicted molar refractivity (Wildman–Crippen MR) is 88.9 cm³/mol. The second-order valence-electron chi connectivity index (χ2n) is 5.54. The quantitative estimate of drug-likeness (QED) is 0.897. The third-order valence-electron chi connectivity index (χ3n) is 4.01. The number of alkyl halides is 1. The molecule has 124 valence electrons. The second-order valence-corrected chi connectivity index (χ2v) is 6.39. The highest BCUT2D eigenvalue weighted by Gasteiger charge is 2.46. The molecule has 0 saturated heterocycles. The Morgan fingerprint density at radius 2 is 2.12 bits per heavy atom. The van der Waals surface area contributed by atoms with Gasteiger partial charge in [0, 0.05) is 41.2 Å². The van der Waals surface area contributed by atoms with Crippen LogP contribution in [0.2, 0.25) is 10.0 Å². The molecule has 1 heterocycles. The van der Waals surface area contributed by atoms with Crippen molar-refractivity contribution in [1.82, 2.24) is 10.3 Å². The van der Waals surface area contributed by atoms with Gasteiger partial charge < -0.3 is 5.32 Å². The molecule has 0 bridgehead atoms. The molecule has 0 saturated carbocycles. The molecule has 0 spiro atoms. The summed E-state index contributed by atoms with van der Waals surface area (Å²) in [7, 11) is 0. The number of fused-ring (bicyclic) bond motifs is 1. The minimum Gasteiger partial charge on any atom is -0.349 e. The van der Waals surface area contributed by atoms with E-state index in [1.165, 1.54) is 18.3 Å². The number of nitrogens with one attached hydrogen (secondary N) is 1. The number of halogens is 3. The van der Waals surface area contributed by atoms with Crippen LogP contribution in [0, 0.1) is 0 Å². The molecular weight excluding hydrogens is 354 g/mol. The van der Waals surface area contributed by atoms with Crippen LogP contribution in [0.15, 0.2) is 36.5 Å². The molecule has 0 fully saturated rings. The molecule has 2 aromatic rings. The second kappa shape index (κ2) is 6.49. The molecule has 0 unspecified atom stereocenters. The van der Waals surface area contributed by atoms with E-state index in [-0.39, 0.29) is 36.4 Å². The summed E-state index contributed by atoms with van der Waals surface area (Å²) in [5.41, 5.74) is -1.63. The molecule has 1 aromatic carbocycles. The molecule has 24 heavy (non-hydrogen) atoms. The van der Waals surface area contributed by atoms with Crippen LogP contribution in [0.1, 0.15) is 34.5 Å². The lowest BCUT2D eigenvalue weighted by Crippen LogP contribution is -2.44. The van der Waals surface area contributed by atoms with Gasteiger partial charge in [0.1, 0.15) is 5.69 Å². The lowest BCUT2D eigenvalue weighted by Gasteiger charge is -2.29. The zero-order chi connectivity index (χ0) is 17.3. The van der Waals surface area contributed by atoms with Gasteiger partial charge in [0.25, 0.3) is 5.91 Å². The van der Waals surface area contributed by atoms with Crippen LogP contribution >= 0.6 is 23.2 Å². The fraction of sp³-hybridized carbons (Fsp3) is 0.235. The van der Waals surface area contributed by atoms with Crippen molar-refractivity contribution in [3.63, 3.8) is 0 Å². The third kappa shape index (κ3) is 3.01. The largest absolute Gasteiger partial charge is 0.349 e. The smallest absolute Gasteiger partial charge is 0.262 e. The van der Waals surface area contributed by atoms with E-state index in [4.69, 9.17) is 23.2 Å². The normalized spacial score (nSPS) is 19.7. The number of hydrogen-bond acceptors (Lipinski definition) is 3. The number of benzene rings is 1. The van der Waals surface area contributed by atoms with Crippen LogP contribution in [0.3, 0.4) is 0 Å². The van der Waals surface area contributed by atoms with Gasteiger partial charge in [-0.25, -0.2) is 4.39 Å². The summed E-state index contributed by atoms with van der Waals surface area (Å²) >= 11 is 11.9. The first-order chi connectivity index (χ1) is 11.4. The van der Waals surface area contributed by atoms with Crippen LogP contribution in [0.25, 0.3) is 0 Å². The minimum absolute atomic E-state index is 0.0148. The number of rotatable bonds is 3. The highest BCUT2D eigenvalue weighted by atomic mass is 35.5. The average molecular weight is 367 g/mol. The molecule has 1 aliphatic rings. The Balaban J connectivity index is 1.82. The summed E-state index contributed by atoms with van der Waals surface area (Å²) in [4.78, 5) is 28.2. The van der Waals surface area contributed by atoms with Crippen molar-refractivity contribution in [2.75, 3.05) is 0 Å². The Morgan fingerprint density at radius 3 is 2.88 bits per heavy atom. The summed E-state index contributed by atoms with van der Waals surface area (Å²) in [5.74, 6) is -1.07. The standard InChI is InChI=1S/C17H13Cl2FN2O2/c18-11-4-3-10(13(19)8-11)9-22-16(24)17(20)6-5-14(23)15-12(17)2-1-7-21-15/h1-4,7-8H,5-6,9H2,(H,22,24)/t17-/m0/s1. The monoisotopic (exact) mass is 366 g/mol. The molecule has 3 rings (SSSR count). The SMILES string of the molecule is O=C1CC[C@@](F)(C(=O)NCc2ccc(Cl)cc2Cl)c2cccnc21. The summed E-state index contributed by atoms with van der Waals surface area (Å²) in [6.45, 7) is 0.0596. The summed E-state index contributed by atoms with van der Waals surface area (Å²) in [6, 6.07) is 7.78. The van der Waals surface area contributed by atoms with Gasteiger partial charge in [0.15, 0.2) is 5.78 Å². The number of hydrogen-bond donors (Lipinski definition) is 1. The molecule has 0 radical (unpaired) electrons. The maximum atomic E-state index is 15.3. The van der Waals surface area contributed by atoms with Crippen LogP contribution in [0.4, 0.5) is 4.39 Å².